The minimum Gasteiger partial charge on any atom is -0.543 e. The lowest BCUT2D eigenvalue weighted by Crippen LogP contribution is -2.23. The summed E-state index contributed by atoms with van der Waals surface area (Å²) in [6, 6.07) is 13.4. The standard InChI is InChI=1S/C16H11NO4S/c18-14(15-17-13(9-22-15)16(19)20)8-21-12-6-5-10-3-1-2-4-11(10)7-12/h1-7,9H,8H2,(H,19,20)/p-1. The predicted molar refractivity (Wildman–Crippen MR) is 80.2 cm³/mol. The molecular weight excluding hydrogens is 302 g/mol. The van der Waals surface area contributed by atoms with Crippen molar-refractivity contribution < 1.29 is 19.4 Å². The van der Waals surface area contributed by atoms with Crippen molar-refractivity contribution in [3.63, 3.8) is 0 Å². The second kappa shape index (κ2) is 5.95. The van der Waals surface area contributed by atoms with Crippen LogP contribution in [0, 0.1) is 0 Å². The molecule has 0 saturated carbocycles. The van der Waals surface area contributed by atoms with Gasteiger partial charge in [-0.05, 0) is 22.9 Å². The zero-order valence-electron chi connectivity index (χ0n) is 11.3. The van der Waals surface area contributed by atoms with Gasteiger partial charge in [-0.25, -0.2) is 4.98 Å². The summed E-state index contributed by atoms with van der Waals surface area (Å²) in [4.78, 5) is 26.3. The minimum atomic E-state index is -1.40. The molecule has 6 heteroatoms. The van der Waals surface area contributed by atoms with Gasteiger partial charge >= 0.3 is 0 Å². The fourth-order valence-electron chi connectivity index (χ4n) is 1.96. The lowest BCUT2D eigenvalue weighted by atomic mass is 10.1. The zero-order chi connectivity index (χ0) is 15.5. The number of carbonyl (C=O) groups is 2. The zero-order valence-corrected chi connectivity index (χ0v) is 12.1. The monoisotopic (exact) mass is 312 g/mol. The molecule has 0 fully saturated rings. The second-order valence-electron chi connectivity index (χ2n) is 4.55. The van der Waals surface area contributed by atoms with E-state index in [0.29, 0.717) is 5.75 Å². The molecular formula is C16H10NO4S-. The van der Waals surface area contributed by atoms with Gasteiger partial charge in [0.25, 0.3) is 0 Å². The number of aromatic carboxylic acids is 1. The van der Waals surface area contributed by atoms with E-state index in [2.05, 4.69) is 4.98 Å². The molecule has 3 rings (SSSR count). The number of hydrogen-bond donors (Lipinski definition) is 0. The number of fused-ring (bicyclic) bond motifs is 1. The van der Waals surface area contributed by atoms with E-state index >= 15 is 0 Å². The fraction of sp³-hybridized carbons (Fsp3) is 0.0625. The highest BCUT2D eigenvalue weighted by atomic mass is 32.1. The first kappa shape index (κ1) is 14.2. The van der Waals surface area contributed by atoms with Crippen molar-refractivity contribution in [3.8, 4) is 5.75 Å². The molecule has 22 heavy (non-hydrogen) atoms. The molecule has 0 saturated heterocycles. The van der Waals surface area contributed by atoms with Crippen LogP contribution in [0.5, 0.6) is 5.75 Å². The molecule has 0 N–H and O–H groups in total. The number of ketones is 1. The summed E-state index contributed by atoms with van der Waals surface area (Å²) < 4.78 is 5.45. The first-order valence-corrected chi connectivity index (χ1v) is 7.33. The van der Waals surface area contributed by atoms with Gasteiger partial charge < -0.3 is 14.6 Å². The van der Waals surface area contributed by atoms with E-state index in [1.807, 2.05) is 36.4 Å². The summed E-state index contributed by atoms with van der Waals surface area (Å²) >= 11 is 0.962. The van der Waals surface area contributed by atoms with Gasteiger partial charge in [0.05, 0.1) is 11.7 Å². The molecule has 0 spiro atoms. The summed E-state index contributed by atoms with van der Waals surface area (Å²) in [5.41, 5.74) is -0.237. The van der Waals surface area contributed by atoms with Crippen molar-refractivity contribution in [3.05, 3.63) is 58.5 Å². The molecule has 0 aliphatic rings. The van der Waals surface area contributed by atoms with Gasteiger partial charge in [0.15, 0.2) is 11.6 Å². The van der Waals surface area contributed by atoms with Gasteiger partial charge in [-0.15, -0.1) is 11.3 Å². The third-order valence-corrected chi connectivity index (χ3v) is 3.93. The third-order valence-electron chi connectivity index (χ3n) is 3.04. The van der Waals surface area contributed by atoms with Crippen LogP contribution in [0.4, 0.5) is 0 Å². The highest BCUT2D eigenvalue weighted by molar-refractivity contribution is 7.12. The molecule has 0 amide bonds. The average molecular weight is 312 g/mol. The summed E-state index contributed by atoms with van der Waals surface area (Å²) in [5.74, 6) is -1.19. The third kappa shape index (κ3) is 2.96. The Morgan fingerprint density at radius 2 is 1.91 bits per heavy atom. The van der Waals surface area contributed by atoms with Crippen LogP contribution >= 0.6 is 11.3 Å². The van der Waals surface area contributed by atoms with E-state index in [9.17, 15) is 14.7 Å². The topological polar surface area (TPSA) is 79.3 Å². The van der Waals surface area contributed by atoms with Crippen molar-refractivity contribution in [2.45, 2.75) is 0 Å². The van der Waals surface area contributed by atoms with Crippen LogP contribution in [0.25, 0.3) is 10.8 Å². The normalized spacial score (nSPS) is 10.5. The number of thiazole rings is 1. The number of ether oxygens (including phenoxy) is 1. The Labute approximate surface area is 129 Å². The first-order chi connectivity index (χ1) is 10.6. The Bertz CT molecular complexity index is 856. The number of benzene rings is 2. The van der Waals surface area contributed by atoms with E-state index in [4.69, 9.17) is 4.74 Å². The number of carboxylic acid groups (broad SMARTS) is 1. The molecule has 110 valence electrons. The number of carboxylic acids is 1. The van der Waals surface area contributed by atoms with E-state index in [1.165, 1.54) is 5.38 Å². The first-order valence-electron chi connectivity index (χ1n) is 6.45. The van der Waals surface area contributed by atoms with E-state index in [1.54, 1.807) is 6.07 Å². The molecule has 1 heterocycles. The maximum Gasteiger partial charge on any atom is 0.228 e. The number of carbonyl (C=O) groups excluding carboxylic acids is 2. The summed E-state index contributed by atoms with van der Waals surface area (Å²) in [6.45, 7) is -0.196. The highest BCUT2D eigenvalue weighted by Gasteiger charge is 2.12. The van der Waals surface area contributed by atoms with Crippen LogP contribution in [-0.4, -0.2) is 23.3 Å². The smallest absolute Gasteiger partial charge is 0.228 e. The predicted octanol–water partition coefficient (Wildman–Crippen LogP) is 1.92. The molecule has 5 nitrogen and oxygen atoms in total. The van der Waals surface area contributed by atoms with Gasteiger partial charge in [0.1, 0.15) is 5.75 Å². The van der Waals surface area contributed by atoms with Crippen LogP contribution in [0.2, 0.25) is 0 Å². The number of aromatic nitrogens is 1. The Morgan fingerprint density at radius 1 is 1.14 bits per heavy atom. The van der Waals surface area contributed by atoms with Gasteiger partial charge in [-0.3, -0.25) is 4.79 Å². The number of hydrogen-bond acceptors (Lipinski definition) is 6. The quantitative estimate of drug-likeness (QED) is 0.672. The molecule has 0 aliphatic carbocycles. The van der Waals surface area contributed by atoms with Crippen molar-refractivity contribution in [2.24, 2.45) is 0 Å². The van der Waals surface area contributed by atoms with Crippen LogP contribution in [-0.2, 0) is 0 Å². The van der Waals surface area contributed by atoms with E-state index in [0.717, 1.165) is 22.1 Å². The maximum atomic E-state index is 11.9. The molecule has 0 radical (unpaired) electrons. The molecule has 3 aromatic rings. The Morgan fingerprint density at radius 3 is 2.64 bits per heavy atom. The van der Waals surface area contributed by atoms with E-state index < -0.39 is 5.97 Å². The molecule has 0 aliphatic heterocycles. The fourth-order valence-corrected chi connectivity index (χ4v) is 2.68. The summed E-state index contributed by atoms with van der Waals surface area (Å²) in [5, 5.41) is 14.1. The van der Waals surface area contributed by atoms with Gasteiger partial charge in [0.2, 0.25) is 5.78 Å². The average Bonchev–Trinajstić information content (AvgIpc) is 3.03. The number of nitrogens with zero attached hydrogens (tertiary/aromatic N) is 1. The Hall–Kier alpha value is -2.73. The molecule has 2 aromatic carbocycles. The van der Waals surface area contributed by atoms with Crippen LogP contribution in [0.1, 0.15) is 20.3 Å². The largest absolute Gasteiger partial charge is 0.543 e. The SMILES string of the molecule is O=C([O-])c1csc(C(=O)COc2ccc3ccccc3c2)n1. The molecule has 0 bridgehead atoms. The maximum absolute atomic E-state index is 11.9. The molecule has 0 unspecified atom stereocenters. The summed E-state index contributed by atoms with van der Waals surface area (Å²) in [6.07, 6.45) is 0. The van der Waals surface area contributed by atoms with Crippen molar-refractivity contribution >= 4 is 33.9 Å². The van der Waals surface area contributed by atoms with Crippen molar-refractivity contribution in [1.29, 1.82) is 0 Å². The van der Waals surface area contributed by atoms with Crippen LogP contribution < -0.4 is 9.84 Å². The second-order valence-corrected chi connectivity index (χ2v) is 5.40. The van der Waals surface area contributed by atoms with Crippen LogP contribution in [0.15, 0.2) is 47.8 Å². The van der Waals surface area contributed by atoms with Crippen molar-refractivity contribution in [2.75, 3.05) is 6.61 Å². The van der Waals surface area contributed by atoms with Gasteiger partial charge in [-0.2, -0.15) is 0 Å². The number of Topliss-reactive ketones (excluding diaryl/α,β-unsaturated/α-hetero) is 1. The Kier molecular flexibility index (Phi) is 3.84. The van der Waals surface area contributed by atoms with Crippen molar-refractivity contribution in [1.82, 2.24) is 4.98 Å². The lowest BCUT2D eigenvalue weighted by molar-refractivity contribution is -0.255. The molecule has 0 atom stereocenters. The number of rotatable bonds is 5. The van der Waals surface area contributed by atoms with Gasteiger partial charge in [-0.1, -0.05) is 30.3 Å². The summed E-state index contributed by atoms with van der Waals surface area (Å²) in [7, 11) is 0. The van der Waals surface area contributed by atoms with Crippen LogP contribution in [0.3, 0.4) is 0 Å². The minimum absolute atomic E-state index is 0.0972. The Balaban J connectivity index is 1.70. The highest BCUT2D eigenvalue weighted by Crippen LogP contribution is 2.21. The molecule has 1 aromatic heterocycles. The van der Waals surface area contributed by atoms with E-state index in [-0.39, 0.29) is 23.1 Å². The van der Waals surface area contributed by atoms with Gasteiger partial charge in [0, 0.05) is 5.38 Å². The lowest BCUT2D eigenvalue weighted by Gasteiger charge is -2.05.